The van der Waals surface area contributed by atoms with Crippen LogP contribution >= 0.6 is 23.2 Å². The van der Waals surface area contributed by atoms with Gasteiger partial charge in [-0.2, -0.15) is 0 Å². The third kappa shape index (κ3) is 4.79. The minimum absolute atomic E-state index is 0.161. The summed E-state index contributed by atoms with van der Waals surface area (Å²) in [6, 6.07) is 8.08. The van der Waals surface area contributed by atoms with Crippen LogP contribution in [-0.4, -0.2) is 18.4 Å². The molecular weight excluding hydrogens is 327 g/mol. The molecule has 0 aliphatic heterocycles. The van der Waals surface area contributed by atoms with Gasteiger partial charge in [-0.05, 0) is 36.8 Å². The first kappa shape index (κ1) is 16.4. The SMILES string of the molecule is O=C(CCCNC(=O)c1ccco1)Nc1ccc(Cl)c(Cl)c1. The van der Waals surface area contributed by atoms with E-state index in [1.165, 1.54) is 6.26 Å². The van der Waals surface area contributed by atoms with E-state index in [0.717, 1.165) is 0 Å². The van der Waals surface area contributed by atoms with Gasteiger partial charge in [-0.15, -0.1) is 0 Å². The highest BCUT2D eigenvalue weighted by molar-refractivity contribution is 6.42. The summed E-state index contributed by atoms with van der Waals surface area (Å²) in [6.07, 6.45) is 2.22. The Balaban J connectivity index is 1.69. The number of hydrogen-bond acceptors (Lipinski definition) is 3. The minimum Gasteiger partial charge on any atom is -0.459 e. The summed E-state index contributed by atoms with van der Waals surface area (Å²) in [7, 11) is 0. The van der Waals surface area contributed by atoms with Crippen LogP contribution in [0.2, 0.25) is 10.0 Å². The van der Waals surface area contributed by atoms with Crippen molar-refractivity contribution in [3.05, 3.63) is 52.4 Å². The average molecular weight is 341 g/mol. The first-order valence-electron chi connectivity index (χ1n) is 6.63. The second-order valence-electron chi connectivity index (χ2n) is 4.51. The molecule has 5 nitrogen and oxygen atoms in total. The zero-order valence-electron chi connectivity index (χ0n) is 11.6. The zero-order valence-corrected chi connectivity index (χ0v) is 13.1. The first-order chi connectivity index (χ1) is 10.6. The Morgan fingerprint density at radius 3 is 2.64 bits per heavy atom. The lowest BCUT2D eigenvalue weighted by atomic mass is 10.2. The quantitative estimate of drug-likeness (QED) is 0.787. The first-order valence-corrected chi connectivity index (χ1v) is 7.38. The molecule has 116 valence electrons. The van der Waals surface area contributed by atoms with E-state index in [0.29, 0.717) is 28.7 Å². The van der Waals surface area contributed by atoms with Gasteiger partial charge in [0.25, 0.3) is 5.91 Å². The monoisotopic (exact) mass is 340 g/mol. The maximum Gasteiger partial charge on any atom is 0.286 e. The fourth-order valence-electron chi connectivity index (χ4n) is 1.74. The van der Waals surface area contributed by atoms with Gasteiger partial charge in [0.1, 0.15) is 0 Å². The Labute approximate surface area is 137 Å². The molecule has 0 saturated carbocycles. The van der Waals surface area contributed by atoms with Crippen LogP contribution in [0.15, 0.2) is 41.0 Å². The van der Waals surface area contributed by atoms with Gasteiger partial charge in [-0.1, -0.05) is 23.2 Å². The zero-order chi connectivity index (χ0) is 15.9. The molecule has 22 heavy (non-hydrogen) atoms. The van der Waals surface area contributed by atoms with Gasteiger partial charge < -0.3 is 15.1 Å². The van der Waals surface area contributed by atoms with Crippen LogP contribution in [0.5, 0.6) is 0 Å². The molecule has 1 aromatic carbocycles. The number of benzene rings is 1. The molecule has 2 N–H and O–H groups in total. The number of halogens is 2. The smallest absolute Gasteiger partial charge is 0.286 e. The van der Waals surface area contributed by atoms with Crippen molar-refractivity contribution in [1.29, 1.82) is 0 Å². The number of carbonyl (C=O) groups is 2. The highest BCUT2D eigenvalue weighted by Crippen LogP contribution is 2.25. The van der Waals surface area contributed by atoms with Gasteiger partial charge >= 0.3 is 0 Å². The van der Waals surface area contributed by atoms with Crippen molar-refractivity contribution in [3.8, 4) is 0 Å². The lowest BCUT2D eigenvalue weighted by molar-refractivity contribution is -0.116. The second kappa shape index (κ2) is 7.87. The van der Waals surface area contributed by atoms with Gasteiger partial charge in [0.05, 0.1) is 16.3 Å². The van der Waals surface area contributed by atoms with Gasteiger partial charge in [-0.3, -0.25) is 9.59 Å². The summed E-state index contributed by atoms with van der Waals surface area (Å²) >= 11 is 11.7. The lowest BCUT2D eigenvalue weighted by Crippen LogP contribution is -2.25. The van der Waals surface area contributed by atoms with E-state index < -0.39 is 0 Å². The van der Waals surface area contributed by atoms with Crippen LogP contribution in [0.4, 0.5) is 5.69 Å². The van der Waals surface area contributed by atoms with Crippen molar-refractivity contribution in [2.24, 2.45) is 0 Å². The van der Waals surface area contributed by atoms with Crippen molar-refractivity contribution in [2.45, 2.75) is 12.8 Å². The van der Waals surface area contributed by atoms with Crippen molar-refractivity contribution < 1.29 is 14.0 Å². The van der Waals surface area contributed by atoms with Crippen LogP contribution in [-0.2, 0) is 4.79 Å². The van der Waals surface area contributed by atoms with Gasteiger partial charge in [0.15, 0.2) is 5.76 Å². The molecule has 1 aromatic heterocycles. The number of hydrogen-bond donors (Lipinski definition) is 2. The van der Waals surface area contributed by atoms with Crippen LogP contribution in [0.1, 0.15) is 23.4 Å². The van der Waals surface area contributed by atoms with Crippen LogP contribution in [0.25, 0.3) is 0 Å². The molecule has 0 bridgehead atoms. The summed E-state index contributed by atoms with van der Waals surface area (Å²) in [5.74, 6) is -0.208. The molecule has 0 radical (unpaired) electrons. The van der Waals surface area contributed by atoms with E-state index in [1.54, 1.807) is 30.3 Å². The maximum atomic E-state index is 11.8. The Morgan fingerprint density at radius 2 is 1.95 bits per heavy atom. The molecule has 2 rings (SSSR count). The fraction of sp³-hybridized carbons (Fsp3) is 0.200. The predicted molar refractivity (Wildman–Crippen MR) is 85.4 cm³/mol. The highest BCUT2D eigenvalue weighted by Gasteiger charge is 2.08. The molecular formula is C15H14Cl2N2O3. The third-order valence-corrected chi connectivity index (χ3v) is 3.55. The van der Waals surface area contributed by atoms with Crippen LogP contribution in [0, 0.1) is 0 Å². The van der Waals surface area contributed by atoms with E-state index in [1.807, 2.05) is 0 Å². The number of rotatable bonds is 6. The van der Waals surface area contributed by atoms with Gasteiger partial charge in [0.2, 0.25) is 5.91 Å². The molecule has 2 amide bonds. The number of amides is 2. The van der Waals surface area contributed by atoms with E-state index in [2.05, 4.69) is 10.6 Å². The van der Waals surface area contributed by atoms with Crippen molar-refractivity contribution in [3.63, 3.8) is 0 Å². The molecule has 0 saturated heterocycles. The summed E-state index contributed by atoms with van der Waals surface area (Å²) in [5.41, 5.74) is 0.582. The van der Waals surface area contributed by atoms with E-state index in [-0.39, 0.29) is 24.0 Å². The Hall–Kier alpha value is -1.98. The highest BCUT2D eigenvalue weighted by atomic mass is 35.5. The van der Waals surface area contributed by atoms with E-state index in [4.69, 9.17) is 27.6 Å². The Bertz CT molecular complexity index is 657. The van der Waals surface area contributed by atoms with E-state index >= 15 is 0 Å². The Morgan fingerprint density at radius 1 is 1.14 bits per heavy atom. The fourth-order valence-corrected chi connectivity index (χ4v) is 2.04. The molecule has 0 spiro atoms. The molecule has 1 heterocycles. The molecule has 7 heteroatoms. The molecule has 0 fully saturated rings. The summed E-state index contributed by atoms with van der Waals surface area (Å²) in [5, 5.41) is 6.19. The number of furan rings is 1. The van der Waals surface area contributed by atoms with Gasteiger partial charge in [0, 0.05) is 18.7 Å². The number of nitrogens with one attached hydrogen (secondary N) is 2. The number of carbonyl (C=O) groups excluding carboxylic acids is 2. The Kier molecular flexibility index (Phi) is 5.86. The lowest BCUT2D eigenvalue weighted by Gasteiger charge is -2.07. The predicted octanol–water partition coefficient (Wildman–Crippen LogP) is 3.74. The third-order valence-electron chi connectivity index (χ3n) is 2.81. The molecule has 0 aliphatic carbocycles. The van der Waals surface area contributed by atoms with Crippen molar-refractivity contribution in [1.82, 2.24) is 5.32 Å². The minimum atomic E-state index is -0.296. The standard InChI is InChI=1S/C15H14Cl2N2O3/c16-11-6-5-10(9-12(11)17)19-14(20)4-1-7-18-15(21)13-3-2-8-22-13/h2-3,5-6,8-9H,1,4,7H2,(H,18,21)(H,19,20). The molecule has 0 aliphatic rings. The molecule has 2 aromatic rings. The second-order valence-corrected chi connectivity index (χ2v) is 5.33. The largest absolute Gasteiger partial charge is 0.459 e. The van der Waals surface area contributed by atoms with Crippen LogP contribution in [0.3, 0.4) is 0 Å². The van der Waals surface area contributed by atoms with Crippen LogP contribution < -0.4 is 10.6 Å². The normalized spacial score (nSPS) is 10.3. The molecule has 0 unspecified atom stereocenters. The van der Waals surface area contributed by atoms with Gasteiger partial charge in [-0.25, -0.2) is 0 Å². The van der Waals surface area contributed by atoms with E-state index in [9.17, 15) is 9.59 Å². The summed E-state index contributed by atoms with van der Waals surface area (Å²) in [4.78, 5) is 23.3. The average Bonchev–Trinajstić information content (AvgIpc) is 3.01. The summed E-state index contributed by atoms with van der Waals surface area (Å²) in [6.45, 7) is 0.383. The summed E-state index contributed by atoms with van der Waals surface area (Å²) < 4.78 is 4.96. The topological polar surface area (TPSA) is 71.3 Å². The maximum absolute atomic E-state index is 11.8. The van der Waals surface area contributed by atoms with Crippen molar-refractivity contribution >= 4 is 40.7 Å². The number of anilines is 1. The van der Waals surface area contributed by atoms with Crippen molar-refractivity contribution in [2.75, 3.05) is 11.9 Å². The molecule has 0 atom stereocenters.